The van der Waals surface area contributed by atoms with Gasteiger partial charge in [0.1, 0.15) is 6.29 Å². The first-order valence-electron chi connectivity index (χ1n) is 5.72. The summed E-state index contributed by atoms with van der Waals surface area (Å²) in [7, 11) is 0. The Balaban J connectivity index is 2.94. The Bertz CT molecular complexity index is 346. The first-order valence-corrected chi connectivity index (χ1v) is 6.10. The first kappa shape index (κ1) is 13.0. The monoisotopic (exact) mass is 239 g/mol. The minimum absolute atomic E-state index is 0.627. The van der Waals surface area contributed by atoms with Gasteiger partial charge in [-0.05, 0) is 31.0 Å². The van der Waals surface area contributed by atoms with E-state index in [0.717, 1.165) is 37.9 Å². The number of halogens is 1. The van der Waals surface area contributed by atoms with Crippen LogP contribution < -0.4 is 4.90 Å². The number of carbonyl (C=O) groups excluding carboxylic acids is 1. The molecule has 0 bridgehead atoms. The predicted molar refractivity (Wildman–Crippen MR) is 69.6 cm³/mol. The molecule has 0 heterocycles. The molecule has 1 aromatic carbocycles. The molecule has 0 atom stereocenters. The quantitative estimate of drug-likeness (QED) is 0.705. The van der Waals surface area contributed by atoms with Gasteiger partial charge in [-0.2, -0.15) is 0 Å². The van der Waals surface area contributed by atoms with Crippen molar-refractivity contribution in [3.05, 3.63) is 28.8 Å². The van der Waals surface area contributed by atoms with Crippen molar-refractivity contribution in [3.8, 4) is 0 Å². The maximum atomic E-state index is 10.6. The van der Waals surface area contributed by atoms with E-state index in [1.165, 1.54) is 0 Å². The van der Waals surface area contributed by atoms with Crippen molar-refractivity contribution in [2.75, 3.05) is 18.0 Å². The van der Waals surface area contributed by atoms with Crippen LogP contribution in [0.25, 0.3) is 0 Å². The molecule has 0 saturated heterocycles. The number of carbonyl (C=O) groups is 1. The van der Waals surface area contributed by atoms with Crippen molar-refractivity contribution in [1.82, 2.24) is 0 Å². The van der Waals surface area contributed by atoms with E-state index >= 15 is 0 Å². The van der Waals surface area contributed by atoms with E-state index in [2.05, 4.69) is 18.7 Å². The van der Waals surface area contributed by atoms with Crippen LogP contribution in [-0.2, 0) is 0 Å². The molecule has 0 aliphatic heterocycles. The van der Waals surface area contributed by atoms with E-state index in [-0.39, 0.29) is 0 Å². The van der Waals surface area contributed by atoms with Crippen LogP contribution in [0.3, 0.4) is 0 Å². The van der Waals surface area contributed by atoms with Crippen molar-refractivity contribution >= 4 is 23.6 Å². The van der Waals surface area contributed by atoms with E-state index in [9.17, 15) is 4.79 Å². The van der Waals surface area contributed by atoms with E-state index in [4.69, 9.17) is 11.6 Å². The lowest BCUT2D eigenvalue weighted by Gasteiger charge is -2.24. The third-order valence-electron chi connectivity index (χ3n) is 2.44. The van der Waals surface area contributed by atoms with Crippen molar-refractivity contribution in [2.24, 2.45) is 0 Å². The summed E-state index contributed by atoms with van der Waals surface area (Å²) in [6.07, 6.45) is 3.00. The van der Waals surface area contributed by atoms with Gasteiger partial charge >= 0.3 is 0 Å². The Morgan fingerprint density at radius 1 is 1.25 bits per heavy atom. The van der Waals surface area contributed by atoms with Gasteiger partial charge < -0.3 is 4.90 Å². The third kappa shape index (κ3) is 3.24. The van der Waals surface area contributed by atoms with Crippen molar-refractivity contribution in [3.63, 3.8) is 0 Å². The maximum Gasteiger partial charge on any atom is 0.150 e. The number of nitrogens with zero attached hydrogens (tertiary/aromatic N) is 1. The summed E-state index contributed by atoms with van der Waals surface area (Å²) in [4.78, 5) is 12.9. The van der Waals surface area contributed by atoms with Gasteiger partial charge in [0.05, 0.1) is 10.7 Å². The van der Waals surface area contributed by atoms with Crippen LogP contribution in [0, 0.1) is 0 Å². The predicted octanol–water partition coefficient (Wildman–Crippen LogP) is 3.78. The molecule has 88 valence electrons. The van der Waals surface area contributed by atoms with Gasteiger partial charge in [0.2, 0.25) is 0 Å². The Morgan fingerprint density at radius 2 is 1.88 bits per heavy atom. The minimum atomic E-state index is 0.627. The molecule has 1 aromatic rings. The van der Waals surface area contributed by atoms with E-state index < -0.39 is 0 Å². The van der Waals surface area contributed by atoms with E-state index in [1.54, 1.807) is 6.07 Å². The Hall–Kier alpha value is -1.02. The highest BCUT2D eigenvalue weighted by molar-refractivity contribution is 6.33. The van der Waals surface area contributed by atoms with Crippen molar-refractivity contribution < 1.29 is 4.79 Å². The maximum absolute atomic E-state index is 10.6. The number of benzene rings is 1. The summed E-state index contributed by atoms with van der Waals surface area (Å²) in [5.74, 6) is 0. The molecule has 0 aromatic heterocycles. The summed E-state index contributed by atoms with van der Waals surface area (Å²) in [6, 6.07) is 5.46. The minimum Gasteiger partial charge on any atom is -0.370 e. The van der Waals surface area contributed by atoms with Crippen LogP contribution in [0.4, 0.5) is 5.69 Å². The van der Waals surface area contributed by atoms with Crippen LogP contribution in [0.1, 0.15) is 37.0 Å². The van der Waals surface area contributed by atoms with Crippen LogP contribution in [0.2, 0.25) is 5.02 Å². The Kier molecular flexibility index (Phi) is 5.33. The van der Waals surface area contributed by atoms with E-state index in [1.807, 2.05) is 12.1 Å². The van der Waals surface area contributed by atoms with Crippen LogP contribution in [0.5, 0.6) is 0 Å². The number of anilines is 1. The lowest BCUT2D eigenvalue weighted by Crippen LogP contribution is -2.25. The zero-order valence-electron chi connectivity index (χ0n) is 9.87. The van der Waals surface area contributed by atoms with Crippen LogP contribution >= 0.6 is 11.6 Å². The zero-order chi connectivity index (χ0) is 12.0. The zero-order valence-corrected chi connectivity index (χ0v) is 10.6. The molecular weight excluding hydrogens is 222 g/mol. The lowest BCUT2D eigenvalue weighted by atomic mass is 10.2. The van der Waals surface area contributed by atoms with Gasteiger partial charge in [0, 0.05) is 18.7 Å². The highest BCUT2D eigenvalue weighted by Gasteiger charge is 2.09. The number of rotatable bonds is 6. The molecule has 3 heteroatoms. The molecule has 0 fully saturated rings. The second kappa shape index (κ2) is 6.54. The fourth-order valence-electron chi connectivity index (χ4n) is 1.75. The highest BCUT2D eigenvalue weighted by atomic mass is 35.5. The summed E-state index contributed by atoms with van der Waals surface area (Å²) >= 11 is 6.17. The second-order valence-electron chi connectivity index (χ2n) is 3.82. The molecule has 0 spiro atoms. The third-order valence-corrected chi connectivity index (χ3v) is 2.74. The second-order valence-corrected chi connectivity index (χ2v) is 4.22. The number of aldehydes is 1. The molecule has 1 rings (SSSR count). The smallest absolute Gasteiger partial charge is 0.150 e. The fraction of sp³-hybridized carbons (Fsp3) is 0.462. The van der Waals surface area contributed by atoms with Gasteiger partial charge in [0.15, 0.2) is 0 Å². The number of hydrogen-bond donors (Lipinski definition) is 0. The molecule has 0 aliphatic carbocycles. The largest absolute Gasteiger partial charge is 0.370 e. The molecule has 0 amide bonds. The van der Waals surface area contributed by atoms with Crippen molar-refractivity contribution in [2.45, 2.75) is 26.7 Å². The molecule has 0 saturated carbocycles. The molecule has 0 radical (unpaired) electrons. The summed E-state index contributed by atoms with van der Waals surface area (Å²) in [6.45, 7) is 6.29. The molecule has 16 heavy (non-hydrogen) atoms. The van der Waals surface area contributed by atoms with Gasteiger partial charge in [-0.15, -0.1) is 0 Å². The average molecular weight is 240 g/mol. The van der Waals surface area contributed by atoms with Gasteiger partial charge in [-0.1, -0.05) is 25.4 Å². The molecule has 0 aliphatic rings. The molecule has 0 N–H and O–H groups in total. The fourth-order valence-corrected chi connectivity index (χ4v) is 2.05. The molecule has 2 nitrogen and oxygen atoms in total. The summed E-state index contributed by atoms with van der Waals surface area (Å²) < 4.78 is 0. The van der Waals surface area contributed by atoms with Crippen LogP contribution in [-0.4, -0.2) is 19.4 Å². The lowest BCUT2D eigenvalue weighted by molar-refractivity contribution is 0.112. The summed E-state index contributed by atoms with van der Waals surface area (Å²) in [5, 5.41) is 0.659. The normalized spacial score (nSPS) is 10.2. The topological polar surface area (TPSA) is 20.3 Å². The highest BCUT2D eigenvalue weighted by Crippen LogP contribution is 2.26. The number of hydrogen-bond acceptors (Lipinski definition) is 2. The molecule has 0 unspecified atom stereocenters. The van der Waals surface area contributed by atoms with Gasteiger partial charge in [-0.3, -0.25) is 4.79 Å². The first-order chi connectivity index (χ1) is 7.72. The molecular formula is C13H18ClNO. The summed E-state index contributed by atoms with van der Waals surface area (Å²) in [5.41, 5.74) is 1.65. The average Bonchev–Trinajstić information content (AvgIpc) is 2.29. The van der Waals surface area contributed by atoms with Gasteiger partial charge in [0.25, 0.3) is 0 Å². The Labute approximate surface area is 102 Å². The standard InChI is InChI=1S/C13H18ClNO/c1-3-7-15(8-4-2)13-6-5-11(10-16)9-12(13)14/h5-6,9-10H,3-4,7-8H2,1-2H3. The van der Waals surface area contributed by atoms with Gasteiger partial charge in [-0.25, -0.2) is 0 Å². The Morgan fingerprint density at radius 3 is 2.31 bits per heavy atom. The SMILES string of the molecule is CCCN(CCC)c1ccc(C=O)cc1Cl. The van der Waals surface area contributed by atoms with E-state index in [0.29, 0.717) is 10.6 Å². The van der Waals surface area contributed by atoms with Crippen LogP contribution in [0.15, 0.2) is 18.2 Å². The van der Waals surface area contributed by atoms with Crippen molar-refractivity contribution in [1.29, 1.82) is 0 Å².